The Bertz CT molecular complexity index is 2260. The lowest BCUT2D eigenvalue weighted by molar-refractivity contribution is 0.0651. The lowest BCUT2D eigenvalue weighted by Crippen LogP contribution is -2.12. The first-order valence-corrected chi connectivity index (χ1v) is 19.2. The number of nitrogens with zero attached hydrogens (tertiary/aromatic N) is 5. The van der Waals surface area contributed by atoms with Gasteiger partial charge < -0.3 is 23.9 Å². The maximum Gasteiger partial charge on any atom is 0.352 e. The van der Waals surface area contributed by atoms with Crippen LogP contribution in [0.2, 0.25) is 5.02 Å². The lowest BCUT2D eigenvalue weighted by Gasteiger charge is -2.14. The number of carboxylic acids is 1. The second kappa shape index (κ2) is 15.8. The van der Waals surface area contributed by atoms with Gasteiger partial charge in [0.2, 0.25) is 0 Å². The maximum absolute atomic E-state index is 12.9. The monoisotopic (exact) mass is 741 g/mol. The summed E-state index contributed by atoms with van der Waals surface area (Å²) in [5.74, 6) is 1.23. The molecule has 0 amide bonds. The normalized spacial score (nSPS) is 14.0. The Labute approximate surface area is 312 Å². The van der Waals surface area contributed by atoms with Crippen LogP contribution in [0, 0.1) is 13.8 Å². The molecule has 7 rings (SSSR count). The van der Waals surface area contributed by atoms with E-state index in [1.54, 1.807) is 18.9 Å². The molecule has 1 aliphatic heterocycles. The van der Waals surface area contributed by atoms with E-state index >= 15 is 0 Å². The van der Waals surface area contributed by atoms with E-state index < -0.39 is 5.97 Å². The summed E-state index contributed by atoms with van der Waals surface area (Å²) < 4.78 is 23.4. The van der Waals surface area contributed by atoms with E-state index in [0.717, 1.165) is 68.5 Å². The van der Waals surface area contributed by atoms with Crippen molar-refractivity contribution in [2.24, 2.45) is 7.05 Å². The minimum atomic E-state index is -0.976. The Kier molecular flexibility index (Phi) is 10.9. The molecule has 10 nitrogen and oxygen atoms in total. The fourth-order valence-corrected chi connectivity index (χ4v) is 8.64. The first-order chi connectivity index (χ1) is 25.2. The molecular weight excluding hydrogens is 698 g/mol. The van der Waals surface area contributed by atoms with Crippen LogP contribution >= 0.6 is 23.4 Å². The zero-order valence-corrected chi connectivity index (χ0v) is 31.6. The van der Waals surface area contributed by atoms with Crippen LogP contribution in [0.4, 0.5) is 0 Å². The molecule has 0 fully saturated rings. The zero-order chi connectivity index (χ0) is 36.4. The largest absolute Gasteiger partial charge is 0.493 e. The Morgan fingerprint density at radius 3 is 2.69 bits per heavy atom. The predicted molar refractivity (Wildman–Crippen MR) is 207 cm³/mol. The minimum absolute atomic E-state index is 0.256. The van der Waals surface area contributed by atoms with Crippen LogP contribution in [0.25, 0.3) is 32.8 Å². The average molecular weight is 742 g/mol. The smallest absolute Gasteiger partial charge is 0.352 e. The lowest BCUT2D eigenvalue weighted by atomic mass is 9.97. The summed E-state index contributed by atoms with van der Waals surface area (Å²) >= 11 is 8.88. The van der Waals surface area contributed by atoms with E-state index in [4.69, 9.17) is 36.0 Å². The third-order valence-electron chi connectivity index (χ3n) is 9.84. The first kappa shape index (κ1) is 36.1. The quantitative estimate of drug-likeness (QED) is 0.164. The minimum Gasteiger partial charge on any atom is -0.493 e. The molecule has 12 heteroatoms. The number of aromatic carboxylic acids is 1. The summed E-state index contributed by atoms with van der Waals surface area (Å²) in [7, 11) is 3.67. The molecule has 3 aromatic heterocycles. The van der Waals surface area contributed by atoms with Gasteiger partial charge in [-0.05, 0) is 73.9 Å². The number of aromatic nitrogens is 5. The van der Waals surface area contributed by atoms with Crippen LogP contribution < -0.4 is 4.74 Å². The molecule has 0 unspecified atom stereocenters. The van der Waals surface area contributed by atoms with Gasteiger partial charge in [-0.15, -0.1) is 11.8 Å². The summed E-state index contributed by atoms with van der Waals surface area (Å²) in [4.78, 5) is 12.9. The Hall–Kier alpha value is -4.29. The number of ether oxygens (including phenoxy) is 3. The second-order valence-corrected chi connectivity index (χ2v) is 14.6. The highest BCUT2D eigenvalue weighted by Crippen LogP contribution is 2.43. The Morgan fingerprint density at radius 1 is 1.02 bits per heavy atom. The van der Waals surface area contributed by atoms with Crippen molar-refractivity contribution in [2.75, 3.05) is 33.5 Å². The average Bonchev–Trinajstić information content (AvgIpc) is 3.74. The summed E-state index contributed by atoms with van der Waals surface area (Å²) in [6, 6.07) is 18.7. The standard InChI is InChI=1S/C40H44ClN5O5S/c1-25-36-33-13-12-32(41)38(36)37-26(2)42-46(15-17-50-19-18-49-4)34(37)24-52-23-29-22-30(44(3)43-29)11-10-27-20-28-8-5-6-9-31(28)35(21-27)51-16-7-14-45(33)39(25)40(47)48/h5-6,8-9,12-13,20-22H,7,10-11,14-19,23-24H2,1-4H3,(H,47,48). The van der Waals surface area contributed by atoms with Gasteiger partial charge in [0.25, 0.3) is 0 Å². The molecule has 4 heterocycles. The van der Waals surface area contributed by atoms with E-state index in [-0.39, 0.29) is 5.69 Å². The molecular formula is C40H44ClN5O5S. The van der Waals surface area contributed by atoms with Gasteiger partial charge in [-0.3, -0.25) is 9.36 Å². The van der Waals surface area contributed by atoms with E-state index in [2.05, 4.69) is 36.4 Å². The summed E-state index contributed by atoms with van der Waals surface area (Å²) in [6.07, 6.45) is 2.31. The number of rotatable bonds is 7. The van der Waals surface area contributed by atoms with Crippen LogP contribution in [0.15, 0.2) is 54.6 Å². The number of benzene rings is 3. The van der Waals surface area contributed by atoms with Crippen molar-refractivity contribution in [3.05, 3.63) is 99.2 Å². The van der Waals surface area contributed by atoms with E-state index in [1.807, 2.05) is 53.0 Å². The molecule has 6 aromatic rings. The summed E-state index contributed by atoms with van der Waals surface area (Å²) in [5, 5.41) is 24.0. The molecule has 0 aliphatic carbocycles. The number of carbonyl (C=O) groups is 1. The number of aryl methyl sites for hydroxylation is 6. The van der Waals surface area contributed by atoms with Crippen LogP contribution in [-0.2, 0) is 54.0 Å². The fraction of sp³-hybridized carbons (Fsp3) is 0.375. The van der Waals surface area contributed by atoms with Gasteiger partial charge >= 0.3 is 5.97 Å². The topological polar surface area (TPSA) is 106 Å². The molecule has 272 valence electrons. The van der Waals surface area contributed by atoms with Gasteiger partial charge in [0.05, 0.1) is 50.1 Å². The van der Waals surface area contributed by atoms with Gasteiger partial charge in [0.15, 0.2) is 0 Å². The molecule has 0 radical (unpaired) electrons. The number of fused-ring (bicyclic) bond motifs is 8. The number of methoxy groups -OCH3 is 1. The van der Waals surface area contributed by atoms with Gasteiger partial charge in [0, 0.05) is 70.3 Å². The summed E-state index contributed by atoms with van der Waals surface area (Å²) in [6.45, 7) is 6.81. The third kappa shape index (κ3) is 7.19. The zero-order valence-electron chi connectivity index (χ0n) is 30.1. The number of thioether (sulfide) groups is 1. The third-order valence-corrected chi connectivity index (χ3v) is 11.1. The molecule has 8 bridgehead atoms. The Morgan fingerprint density at radius 2 is 1.87 bits per heavy atom. The molecule has 0 atom stereocenters. The van der Waals surface area contributed by atoms with Gasteiger partial charge in [-0.2, -0.15) is 10.2 Å². The van der Waals surface area contributed by atoms with Crippen molar-refractivity contribution in [3.8, 4) is 16.9 Å². The van der Waals surface area contributed by atoms with Crippen molar-refractivity contribution in [2.45, 2.75) is 57.7 Å². The molecule has 0 spiro atoms. The summed E-state index contributed by atoms with van der Waals surface area (Å²) in [5.41, 5.74) is 8.72. The highest BCUT2D eigenvalue weighted by Gasteiger charge is 2.27. The van der Waals surface area contributed by atoms with Crippen LogP contribution in [0.1, 0.15) is 50.8 Å². The van der Waals surface area contributed by atoms with E-state index in [1.165, 1.54) is 11.3 Å². The Balaban J connectivity index is 1.34. The van der Waals surface area contributed by atoms with Crippen LogP contribution in [0.5, 0.6) is 5.75 Å². The molecule has 3 aromatic carbocycles. The highest BCUT2D eigenvalue weighted by molar-refractivity contribution is 7.97. The molecule has 1 aliphatic rings. The molecule has 52 heavy (non-hydrogen) atoms. The maximum atomic E-state index is 12.9. The van der Waals surface area contributed by atoms with Crippen molar-refractivity contribution in [1.82, 2.24) is 24.1 Å². The van der Waals surface area contributed by atoms with Crippen molar-refractivity contribution >= 4 is 51.0 Å². The van der Waals surface area contributed by atoms with Gasteiger partial charge in [0.1, 0.15) is 11.4 Å². The van der Waals surface area contributed by atoms with Crippen molar-refractivity contribution < 1.29 is 24.1 Å². The van der Waals surface area contributed by atoms with Gasteiger partial charge in [-0.25, -0.2) is 4.79 Å². The predicted octanol–water partition coefficient (Wildman–Crippen LogP) is 8.02. The molecule has 1 N–H and O–H groups in total. The van der Waals surface area contributed by atoms with E-state index in [0.29, 0.717) is 68.0 Å². The fourth-order valence-electron chi connectivity index (χ4n) is 7.45. The van der Waals surface area contributed by atoms with Crippen LogP contribution in [0.3, 0.4) is 0 Å². The van der Waals surface area contributed by atoms with Crippen molar-refractivity contribution in [3.63, 3.8) is 0 Å². The SMILES string of the molecule is COCCOCCn1nc(C)c2c1CSCc1cc(n(C)n1)CCc1cc(c3ccccc3c1)OCCCn1c(C(=O)O)c(C)c3c-2c(Cl)ccc31. The number of hydrogen-bond donors (Lipinski definition) is 1. The van der Waals surface area contributed by atoms with Gasteiger partial charge in [-0.1, -0.05) is 41.9 Å². The number of carboxylic acid groups (broad SMARTS) is 1. The number of hydrogen-bond acceptors (Lipinski definition) is 7. The molecule has 0 saturated carbocycles. The second-order valence-electron chi connectivity index (χ2n) is 13.2. The van der Waals surface area contributed by atoms with Crippen LogP contribution in [-0.4, -0.2) is 68.7 Å². The van der Waals surface area contributed by atoms with E-state index in [9.17, 15) is 9.90 Å². The first-order valence-electron chi connectivity index (χ1n) is 17.7. The molecule has 0 saturated heterocycles. The van der Waals surface area contributed by atoms with Crippen molar-refractivity contribution in [1.29, 1.82) is 0 Å². The highest BCUT2D eigenvalue weighted by atomic mass is 35.5. The number of halogens is 1.